The highest BCUT2D eigenvalue weighted by molar-refractivity contribution is 6.00. The van der Waals surface area contributed by atoms with Crippen LogP contribution in [-0.4, -0.2) is 38.3 Å². The summed E-state index contributed by atoms with van der Waals surface area (Å²) >= 11 is 0. The van der Waals surface area contributed by atoms with Gasteiger partial charge in [0.2, 0.25) is 5.91 Å². The van der Waals surface area contributed by atoms with Crippen molar-refractivity contribution in [1.82, 2.24) is 25.8 Å². The normalized spacial score (nSPS) is 19.2. The number of carbonyl (C=O) groups is 2. The third kappa shape index (κ3) is 4.94. The predicted octanol–water partition coefficient (Wildman–Crippen LogP) is 3.61. The smallest absolute Gasteiger partial charge is 0.276 e. The lowest BCUT2D eigenvalue weighted by atomic mass is 9.79. The maximum atomic E-state index is 13.3. The number of hydrogen-bond acceptors (Lipinski definition) is 8. The topological polar surface area (TPSA) is 136 Å². The first-order valence-electron chi connectivity index (χ1n) is 11.1. The van der Waals surface area contributed by atoms with E-state index in [9.17, 15) is 9.59 Å². The van der Waals surface area contributed by atoms with Crippen LogP contribution >= 0.6 is 0 Å². The number of aryl methyl sites for hydroxylation is 3. The molecule has 1 atom stereocenters. The van der Waals surface area contributed by atoms with Crippen LogP contribution in [0.25, 0.3) is 11.1 Å². The molecule has 4 rings (SSSR count). The summed E-state index contributed by atoms with van der Waals surface area (Å²) in [6.45, 7) is 7.55. The molecule has 10 nitrogen and oxygen atoms in total. The average molecular weight is 453 g/mol. The van der Waals surface area contributed by atoms with E-state index < -0.39 is 11.9 Å². The Morgan fingerprint density at radius 3 is 2.36 bits per heavy atom. The van der Waals surface area contributed by atoms with E-state index in [-0.39, 0.29) is 17.5 Å². The molecule has 33 heavy (non-hydrogen) atoms. The molecule has 2 amide bonds. The lowest BCUT2D eigenvalue weighted by Crippen LogP contribution is -2.49. The molecular weight excluding hydrogens is 424 g/mol. The summed E-state index contributed by atoms with van der Waals surface area (Å²) in [4.78, 5) is 30.4. The van der Waals surface area contributed by atoms with Crippen LogP contribution in [0.1, 0.15) is 60.2 Å². The summed E-state index contributed by atoms with van der Waals surface area (Å²) in [5.41, 5.74) is 2.97. The maximum absolute atomic E-state index is 13.3. The van der Waals surface area contributed by atoms with Crippen molar-refractivity contribution in [3.05, 3.63) is 41.2 Å². The third-order valence-corrected chi connectivity index (χ3v) is 6.31. The summed E-state index contributed by atoms with van der Waals surface area (Å²) in [6, 6.07) is 2.87. The Balaban J connectivity index is 1.51. The van der Waals surface area contributed by atoms with Gasteiger partial charge in [-0.3, -0.25) is 9.59 Å². The Morgan fingerprint density at radius 2 is 1.79 bits per heavy atom. The first-order valence-corrected chi connectivity index (χ1v) is 11.1. The van der Waals surface area contributed by atoms with E-state index in [4.69, 9.17) is 4.52 Å². The van der Waals surface area contributed by atoms with Crippen LogP contribution in [-0.2, 0) is 4.79 Å². The van der Waals surface area contributed by atoms with Crippen molar-refractivity contribution in [1.29, 1.82) is 0 Å². The maximum Gasteiger partial charge on any atom is 0.276 e. The number of anilines is 1. The lowest BCUT2D eigenvalue weighted by molar-refractivity contribution is -0.119. The first kappa shape index (κ1) is 22.6. The molecule has 0 saturated heterocycles. The van der Waals surface area contributed by atoms with E-state index in [0.717, 1.165) is 42.5 Å². The van der Waals surface area contributed by atoms with Crippen molar-refractivity contribution in [3.63, 3.8) is 0 Å². The molecular formula is C23H28N6O4. The molecule has 3 aromatic heterocycles. The van der Waals surface area contributed by atoms with Crippen molar-refractivity contribution in [3.8, 4) is 11.1 Å². The quantitative estimate of drug-likeness (QED) is 0.579. The van der Waals surface area contributed by atoms with E-state index in [1.807, 2.05) is 19.9 Å². The third-order valence-electron chi connectivity index (χ3n) is 6.31. The average Bonchev–Trinajstić information content (AvgIpc) is 3.38. The zero-order chi connectivity index (χ0) is 23.5. The summed E-state index contributed by atoms with van der Waals surface area (Å²) in [5.74, 6) is 0.952. The van der Waals surface area contributed by atoms with Gasteiger partial charge in [0.15, 0.2) is 5.69 Å². The fraction of sp³-hybridized carbons (Fsp3) is 0.478. The van der Waals surface area contributed by atoms with Crippen molar-refractivity contribution in [2.75, 3.05) is 5.32 Å². The molecule has 0 aliphatic heterocycles. The highest BCUT2D eigenvalue weighted by atomic mass is 16.6. The minimum absolute atomic E-state index is 0.0203. The molecule has 0 radical (unpaired) electrons. The molecule has 0 unspecified atom stereocenters. The van der Waals surface area contributed by atoms with Gasteiger partial charge in [-0.15, -0.1) is 0 Å². The molecule has 3 aromatic rings. The number of pyridine rings is 1. The second-order valence-electron chi connectivity index (χ2n) is 8.79. The minimum Gasteiger partial charge on any atom is -0.361 e. The van der Waals surface area contributed by atoms with E-state index in [1.165, 1.54) is 0 Å². The van der Waals surface area contributed by atoms with Crippen molar-refractivity contribution < 1.29 is 18.7 Å². The summed E-state index contributed by atoms with van der Waals surface area (Å²) in [5, 5.41) is 17.0. The van der Waals surface area contributed by atoms with Gasteiger partial charge in [-0.25, -0.2) is 9.61 Å². The standard InChI is InChI=1S/C23H28N6O4/c1-12-5-7-16(8-6-12)21(26-22(30)20-14(3)28-33-29-20)23(31)25-18-10-9-17(11-24-18)19-13(2)27-32-15(19)4/h9-12,16,21H,5-8H2,1-4H3,(H,26,30)(H,24,25,31)/t12-,16-,21-/m0/s1. The van der Waals surface area contributed by atoms with E-state index in [1.54, 1.807) is 19.2 Å². The van der Waals surface area contributed by atoms with Gasteiger partial charge in [0.1, 0.15) is 23.3 Å². The van der Waals surface area contributed by atoms with Crippen molar-refractivity contribution in [2.24, 2.45) is 11.8 Å². The molecule has 1 aliphatic rings. The number of carbonyl (C=O) groups excluding carboxylic acids is 2. The van der Waals surface area contributed by atoms with Crippen LogP contribution in [0.15, 0.2) is 27.5 Å². The number of nitrogens with zero attached hydrogens (tertiary/aromatic N) is 4. The molecule has 0 aromatic carbocycles. The zero-order valence-electron chi connectivity index (χ0n) is 19.2. The number of nitrogens with one attached hydrogen (secondary N) is 2. The number of amides is 2. The fourth-order valence-electron chi connectivity index (χ4n) is 4.38. The van der Waals surface area contributed by atoms with Crippen LogP contribution in [0.4, 0.5) is 5.82 Å². The first-order chi connectivity index (χ1) is 15.8. The van der Waals surface area contributed by atoms with Gasteiger partial charge in [-0.05, 0) is 62.7 Å². The van der Waals surface area contributed by atoms with Crippen LogP contribution in [0.5, 0.6) is 0 Å². The monoisotopic (exact) mass is 452 g/mol. The fourth-order valence-corrected chi connectivity index (χ4v) is 4.38. The molecule has 0 spiro atoms. The largest absolute Gasteiger partial charge is 0.361 e. The summed E-state index contributed by atoms with van der Waals surface area (Å²) in [6.07, 6.45) is 5.41. The van der Waals surface area contributed by atoms with Crippen molar-refractivity contribution in [2.45, 2.75) is 59.4 Å². The van der Waals surface area contributed by atoms with Gasteiger partial charge in [0, 0.05) is 17.3 Å². The molecule has 3 heterocycles. The second kappa shape index (κ2) is 9.51. The van der Waals surface area contributed by atoms with Gasteiger partial charge >= 0.3 is 0 Å². The Labute approximate surface area is 191 Å². The Hall–Kier alpha value is -3.56. The molecule has 1 saturated carbocycles. The highest BCUT2D eigenvalue weighted by Gasteiger charge is 2.34. The highest BCUT2D eigenvalue weighted by Crippen LogP contribution is 2.31. The molecule has 2 N–H and O–H groups in total. The predicted molar refractivity (Wildman–Crippen MR) is 119 cm³/mol. The number of hydrogen-bond donors (Lipinski definition) is 2. The Morgan fingerprint density at radius 1 is 1.03 bits per heavy atom. The van der Waals surface area contributed by atoms with Crippen LogP contribution in [0.3, 0.4) is 0 Å². The lowest BCUT2D eigenvalue weighted by Gasteiger charge is -2.32. The summed E-state index contributed by atoms with van der Waals surface area (Å²) in [7, 11) is 0. The minimum atomic E-state index is -0.717. The van der Waals surface area contributed by atoms with Gasteiger partial charge in [-0.1, -0.05) is 30.1 Å². The van der Waals surface area contributed by atoms with E-state index in [2.05, 4.69) is 42.6 Å². The molecule has 0 bridgehead atoms. The zero-order valence-corrected chi connectivity index (χ0v) is 19.2. The molecule has 1 aliphatic carbocycles. The Bertz CT molecular complexity index is 1110. The van der Waals surface area contributed by atoms with Gasteiger partial charge in [0.05, 0.1) is 5.69 Å². The van der Waals surface area contributed by atoms with Gasteiger partial charge in [0.25, 0.3) is 5.91 Å². The molecule has 10 heteroatoms. The number of aromatic nitrogens is 4. The van der Waals surface area contributed by atoms with Crippen LogP contribution in [0, 0.1) is 32.6 Å². The number of rotatable bonds is 6. The van der Waals surface area contributed by atoms with Crippen LogP contribution in [0.2, 0.25) is 0 Å². The van der Waals surface area contributed by atoms with E-state index >= 15 is 0 Å². The molecule has 1 fully saturated rings. The van der Waals surface area contributed by atoms with Crippen molar-refractivity contribution >= 4 is 17.6 Å². The van der Waals surface area contributed by atoms with E-state index in [0.29, 0.717) is 23.2 Å². The molecule has 174 valence electrons. The van der Waals surface area contributed by atoms with Crippen LogP contribution < -0.4 is 10.6 Å². The Kier molecular flexibility index (Phi) is 6.52. The van der Waals surface area contributed by atoms with Gasteiger partial charge in [-0.2, -0.15) is 0 Å². The summed E-state index contributed by atoms with van der Waals surface area (Å²) < 4.78 is 9.86. The second-order valence-corrected chi connectivity index (χ2v) is 8.79. The SMILES string of the molecule is Cc1nonc1C(=O)N[C@H](C(=O)Nc1ccc(-c2c(C)noc2C)cn1)[C@H]1CC[C@H](C)CC1. The van der Waals surface area contributed by atoms with Gasteiger partial charge < -0.3 is 15.2 Å².